The van der Waals surface area contributed by atoms with Crippen molar-refractivity contribution in [3.8, 4) is 23.3 Å². The smallest absolute Gasteiger partial charge is 0.227 e. The van der Waals surface area contributed by atoms with E-state index < -0.39 is 23.4 Å². The van der Waals surface area contributed by atoms with Gasteiger partial charge in [-0.05, 0) is 52.1 Å². The van der Waals surface area contributed by atoms with Gasteiger partial charge in [0.05, 0.1) is 19.8 Å². The van der Waals surface area contributed by atoms with E-state index in [2.05, 4.69) is 48.9 Å². The fourth-order valence-corrected chi connectivity index (χ4v) is 5.09. The van der Waals surface area contributed by atoms with Crippen molar-refractivity contribution in [1.29, 1.82) is 0 Å². The number of ether oxygens (including phenoxy) is 2. The van der Waals surface area contributed by atoms with Gasteiger partial charge in [0.15, 0.2) is 23.1 Å². The van der Waals surface area contributed by atoms with Crippen molar-refractivity contribution in [2.75, 3.05) is 72.4 Å². The van der Waals surface area contributed by atoms with Crippen molar-refractivity contribution in [2.45, 2.75) is 32.0 Å². The van der Waals surface area contributed by atoms with Crippen LogP contribution in [0.1, 0.15) is 30.9 Å². The summed E-state index contributed by atoms with van der Waals surface area (Å²) in [4.78, 5) is 15.9. The standard InChI is InChI=1S/C31H39F3N6O2/c1-22(32)18-24(6-5-11-39-12-9-25(10-13-39)40-16-14-38(2)15-17-40)37-31-35-20-23(21-36-31)7-8-26-29(33)27(41-3)19-28(42-4)30(26)34/h5-6,18-22,25H,9-17H2,1-4H3,(H,35,36,37)/b6-5-,24-18+. The first-order chi connectivity index (χ1) is 20.3. The predicted octanol–water partition coefficient (Wildman–Crippen LogP) is 4.09. The number of piperazine rings is 1. The summed E-state index contributed by atoms with van der Waals surface area (Å²) >= 11 is 0. The van der Waals surface area contributed by atoms with E-state index in [1.807, 2.05) is 12.2 Å². The van der Waals surface area contributed by atoms with Crippen LogP contribution in [0, 0.1) is 23.5 Å². The first kappa shape index (κ1) is 31.3. The third kappa shape index (κ3) is 8.47. The molecule has 4 rings (SSSR count). The molecule has 2 aliphatic rings. The SMILES string of the molecule is COc1cc(OC)c(F)c(C#Cc2cnc(NC(/C=C\CN3CCC(N4CCN(C)CC4)CC3)=C/C(C)F)nc2)c1F. The molecule has 1 N–H and O–H groups in total. The number of halogens is 3. The lowest BCUT2D eigenvalue weighted by atomic mass is 10.0. The zero-order valence-electron chi connectivity index (χ0n) is 24.7. The third-order valence-electron chi connectivity index (χ3n) is 7.50. The van der Waals surface area contributed by atoms with Crippen molar-refractivity contribution in [3.63, 3.8) is 0 Å². The highest BCUT2D eigenvalue weighted by Crippen LogP contribution is 2.30. The van der Waals surface area contributed by atoms with E-state index in [0.717, 1.165) is 64.7 Å². The molecule has 0 aliphatic carbocycles. The number of rotatable bonds is 9. The molecule has 2 aromatic rings. The molecule has 1 aromatic carbocycles. The molecule has 0 radical (unpaired) electrons. The quantitative estimate of drug-likeness (QED) is 0.349. The Hall–Kier alpha value is -3.59. The van der Waals surface area contributed by atoms with Gasteiger partial charge < -0.3 is 19.7 Å². The van der Waals surface area contributed by atoms with Crippen LogP contribution in [-0.4, -0.2) is 104 Å². The minimum atomic E-state index is -1.17. The molecule has 226 valence electrons. The molecule has 11 heteroatoms. The Balaban J connectivity index is 1.34. The Labute approximate surface area is 246 Å². The molecule has 8 nitrogen and oxygen atoms in total. The number of alkyl halides is 1. The molecule has 0 spiro atoms. The fraction of sp³-hybridized carbons (Fsp3) is 0.484. The maximum Gasteiger partial charge on any atom is 0.227 e. The summed E-state index contributed by atoms with van der Waals surface area (Å²) in [6.45, 7) is 8.86. The summed E-state index contributed by atoms with van der Waals surface area (Å²) < 4.78 is 52.9. The normalized spacial score (nSPS) is 18.5. The molecule has 1 atom stereocenters. The molecule has 0 saturated carbocycles. The van der Waals surface area contributed by atoms with E-state index in [1.165, 1.54) is 39.6 Å². The Kier molecular flexibility index (Phi) is 11.2. The second-order valence-corrected chi connectivity index (χ2v) is 10.5. The largest absolute Gasteiger partial charge is 0.493 e. The highest BCUT2D eigenvalue weighted by atomic mass is 19.1. The van der Waals surface area contributed by atoms with E-state index in [4.69, 9.17) is 9.47 Å². The molecular formula is C31H39F3N6O2. The van der Waals surface area contributed by atoms with Crippen LogP contribution >= 0.6 is 0 Å². The Morgan fingerprint density at radius 2 is 1.64 bits per heavy atom. The Morgan fingerprint density at radius 3 is 2.21 bits per heavy atom. The maximum absolute atomic E-state index is 14.6. The summed E-state index contributed by atoms with van der Waals surface area (Å²) in [6, 6.07) is 1.78. The van der Waals surface area contributed by atoms with Crippen LogP contribution in [0.25, 0.3) is 0 Å². The van der Waals surface area contributed by atoms with Crippen LogP contribution < -0.4 is 14.8 Å². The van der Waals surface area contributed by atoms with Crippen LogP contribution in [0.2, 0.25) is 0 Å². The average Bonchev–Trinajstić information content (AvgIpc) is 2.98. The van der Waals surface area contributed by atoms with Crippen LogP contribution in [0.5, 0.6) is 11.5 Å². The lowest BCUT2D eigenvalue weighted by Gasteiger charge is -2.41. The van der Waals surface area contributed by atoms with Crippen molar-refractivity contribution >= 4 is 5.95 Å². The number of benzene rings is 1. The first-order valence-electron chi connectivity index (χ1n) is 14.2. The second kappa shape index (κ2) is 15.0. The summed E-state index contributed by atoms with van der Waals surface area (Å²) in [5.74, 6) is 3.16. The van der Waals surface area contributed by atoms with Crippen molar-refractivity contribution in [3.05, 3.63) is 65.1 Å². The number of allylic oxidation sites excluding steroid dienone is 2. The second-order valence-electron chi connectivity index (χ2n) is 10.5. The highest BCUT2D eigenvalue weighted by molar-refractivity contribution is 5.51. The Morgan fingerprint density at radius 1 is 1.02 bits per heavy atom. The molecular weight excluding hydrogens is 545 g/mol. The predicted molar refractivity (Wildman–Crippen MR) is 157 cm³/mol. The number of methoxy groups -OCH3 is 2. The molecule has 2 fully saturated rings. The van der Waals surface area contributed by atoms with E-state index in [-0.39, 0.29) is 17.4 Å². The summed E-state index contributed by atoms with van der Waals surface area (Å²) in [7, 11) is 4.72. The average molecular weight is 585 g/mol. The first-order valence-corrected chi connectivity index (χ1v) is 14.2. The lowest BCUT2D eigenvalue weighted by molar-refractivity contribution is 0.0708. The van der Waals surface area contributed by atoms with Crippen molar-refractivity contribution in [1.82, 2.24) is 24.7 Å². The molecule has 0 bridgehead atoms. The number of aromatic nitrogens is 2. The number of piperidine rings is 1. The van der Waals surface area contributed by atoms with E-state index in [0.29, 0.717) is 17.3 Å². The van der Waals surface area contributed by atoms with Crippen molar-refractivity contribution < 1.29 is 22.6 Å². The maximum atomic E-state index is 14.6. The highest BCUT2D eigenvalue weighted by Gasteiger charge is 2.26. The van der Waals surface area contributed by atoms with Crippen LogP contribution in [0.15, 0.2) is 42.4 Å². The van der Waals surface area contributed by atoms with E-state index >= 15 is 0 Å². The number of nitrogens with zero attached hydrogens (tertiary/aromatic N) is 5. The van der Waals surface area contributed by atoms with Gasteiger partial charge in [-0.3, -0.25) is 9.80 Å². The van der Waals surface area contributed by atoms with Gasteiger partial charge in [-0.2, -0.15) is 0 Å². The molecule has 1 unspecified atom stereocenters. The summed E-state index contributed by atoms with van der Waals surface area (Å²) in [6.07, 6.45) is 9.28. The van der Waals surface area contributed by atoms with Crippen LogP contribution in [0.4, 0.5) is 19.1 Å². The van der Waals surface area contributed by atoms with Gasteiger partial charge in [-0.1, -0.05) is 17.9 Å². The zero-order valence-corrected chi connectivity index (χ0v) is 24.7. The van der Waals surface area contributed by atoms with Gasteiger partial charge in [0.1, 0.15) is 11.7 Å². The summed E-state index contributed by atoms with van der Waals surface area (Å²) in [5.41, 5.74) is 0.383. The molecule has 42 heavy (non-hydrogen) atoms. The fourth-order valence-electron chi connectivity index (χ4n) is 5.09. The number of anilines is 1. The zero-order chi connectivity index (χ0) is 30.1. The number of likely N-dealkylation sites (N-methyl/N-ethyl adjacent to an activating group) is 1. The number of hydrogen-bond donors (Lipinski definition) is 1. The van der Waals surface area contributed by atoms with Crippen LogP contribution in [-0.2, 0) is 0 Å². The van der Waals surface area contributed by atoms with Crippen molar-refractivity contribution in [2.24, 2.45) is 0 Å². The van der Waals surface area contributed by atoms with Crippen LogP contribution in [0.3, 0.4) is 0 Å². The van der Waals surface area contributed by atoms with Gasteiger partial charge in [0.25, 0.3) is 0 Å². The van der Waals surface area contributed by atoms with Gasteiger partial charge in [0.2, 0.25) is 5.95 Å². The molecule has 2 saturated heterocycles. The number of nitrogens with one attached hydrogen (secondary N) is 1. The third-order valence-corrected chi connectivity index (χ3v) is 7.50. The van der Waals surface area contributed by atoms with E-state index in [9.17, 15) is 13.2 Å². The van der Waals surface area contributed by atoms with Gasteiger partial charge in [-0.15, -0.1) is 0 Å². The minimum absolute atomic E-state index is 0.182. The topological polar surface area (TPSA) is 66.0 Å². The summed E-state index contributed by atoms with van der Waals surface area (Å²) in [5, 5.41) is 3.03. The number of hydrogen-bond acceptors (Lipinski definition) is 8. The van der Waals surface area contributed by atoms with Gasteiger partial charge in [-0.25, -0.2) is 23.1 Å². The van der Waals surface area contributed by atoms with Gasteiger partial charge in [0, 0.05) is 62.9 Å². The van der Waals surface area contributed by atoms with Gasteiger partial charge >= 0.3 is 0 Å². The lowest BCUT2D eigenvalue weighted by Crippen LogP contribution is -2.52. The van der Waals surface area contributed by atoms with E-state index in [1.54, 1.807) is 0 Å². The Bertz CT molecular complexity index is 1280. The molecule has 1 aromatic heterocycles. The number of likely N-dealkylation sites (tertiary alicyclic amines) is 1. The molecule has 0 amide bonds. The molecule has 2 aliphatic heterocycles. The molecule has 3 heterocycles. The monoisotopic (exact) mass is 584 g/mol. The minimum Gasteiger partial charge on any atom is -0.493 e.